The van der Waals surface area contributed by atoms with Gasteiger partial charge in [0.15, 0.2) is 0 Å². The Hall–Kier alpha value is -0.0400. The third kappa shape index (κ3) is 3.96. The van der Waals surface area contributed by atoms with Crippen LogP contribution in [0.4, 0.5) is 0 Å². The smallest absolute Gasteiger partial charge is 0.134 e. The molecule has 0 aliphatic heterocycles. The van der Waals surface area contributed by atoms with Crippen LogP contribution in [0, 0.1) is 0 Å². The molecule has 0 aromatic rings. The molecule has 0 atom stereocenters. The van der Waals surface area contributed by atoms with Gasteiger partial charge < -0.3 is 9.79 Å². The molecule has 6 heavy (non-hydrogen) atoms. The number of rotatable bonds is 1. The van der Waals surface area contributed by atoms with E-state index in [0.717, 1.165) is 5.82 Å². The van der Waals surface area contributed by atoms with Gasteiger partial charge >= 0.3 is 0 Å². The van der Waals surface area contributed by atoms with Crippen LogP contribution in [0.25, 0.3) is 0 Å². The molecule has 36 valence electrons. The van der Waals surface area contributed by atoms with Crippen molar-refractivity contribution in [3.05, 3.63) is 12.4 Å². The minimum Gasteiger partial charge on any atom is -0.351 e. The standard InChI is InChI=1S/C3H7O2P/c1-3-6(2,4)5/h3-5H,1-2H2. The molecule has 0 aromatic carbocycles. The Bertz CT molecular complexity index is 91.0. The molecule has 3 heteroatoms. The molecular weight excluding hydrogens is 99.0 g/mol. The van der Waals surface area contributed by atoms with Gasteiger partial charge in [-0.3, -0.25) is 0 Å². The zero-order valence-electron chi connectivity index (χ0n) is 3.33. The van der Waals surface area contributed by atoms with E-state index in [1.54, 1.807) is 0 Å². The molecule has 0 fully saturated rings. The minimum absolute atomic E-state index is 1.05. The van der Waals surface area contributed by atoms with E-state index in [1.807, 2.05) is 0 Å². The van der Waals surface area contributed by atoms with Gasteiger partial charge in [-0.15, -0.1) is 0 Å². The molecule has 0 amide bonds. The molecule has 0 aromatic heterocycles. The molecule has 0 saturated heterocycles. The highest BCUT2D eigenvalue weighted by Gasteiger charge is 1.89. The summed E-state index contributed by atoms with van der Waals surface area (Å²) in [6, 6.07) is 0. The van der Waals surface area contributed by atoms with Crippen molar-refractivity contribution >= 4 is 13.6 Å². The van der Waals surface area contributed by atoms with Crippen molar-refractivity contribution < 1.29 is 9.79 Å². The number of hydrogen-bond acceptors (Lipinski definition) is 2. The van der Waals surface area contributed by atoms with Crippen LogP contribution in [-0.4, -0.2) is 16.1 Å². The summed E-state index contributed by atoms with van der Waals surface area (Å²) < 4.78 is 0. The van der Waals surface area contributed by atoms with Crippen LogP contribution >= 0.6 is 7.34 Å². The highest BCUT2D eigenvalue weighted by molar-refractivity contribution is 7.65. The molecule has 0 unspecified atom stereocenters. The summed E-state index contributed by atoms with van der Waals surface area (Å²) in [6.45, 7) is 3.12. The molecule has 0 saturated carbocycles. The lowest BCUT2D eigenvalue weighted by Crippen LogP contribution is -1.64. The summed E-state index contributed by atoms with van der Waals surface area (Å²) in [5.74, 6) is 1.05. The first kappa shape index (κ1) is 5.96. The Balaban J connectivity index is 3.81. The molecule has 0 spiro atoms. The van der Waals surface area contributed by atoms with Crippen LogP contribution < -0.4 is 0 Å². The fraction of sp³-hybridized carbons (Fsp3) is 0. The quantitative estimate of drug-likeness (QED) is 0.475. The summed E-state index contributed by atoms with van der Waals surface area (Å²) in [5, 5.41) is 0. The second-order valence-corrected chi connectivity index (χ2v) is 2.91. The zero-order chi connectivity index (χ0) is 5.21. The van der Waals surface area contributed by atoms with Crippen molar-refractivity contribution in [3.63, 3.8) is 0 Å². The van der Waals surface area contributed by atoms with E-state index in [9.17, 15) is 0 Å². The van der Waals surface area contributed by atoms with Crippen molar-refractivity contribution in [2.24, 2.45) is 0 Å². The summed E-state index contributed by atoms with van der Waals surface area (Å²) >= 11 is 0. The Kier molecular flexibility index (Phi) is 1.59. The van der Waals surface area contributed by atoms with Gasteiger partial charge in [0, 0.05) is 0 Å². The summed E-state index contributed by atoms with van der Waals surface area (Å²) in [5.41, 5.74) is 0. The molecule has 0 aliphatic carbocycles. The fourth-order valence-electron chi connectivity index (χ4n) is 0. The lowest BCUT2D eigenvalue weighted by atomic mass is 11.3. The molecule has 0 radical (unpaired) electrons. The lowest BCUT2D eigenvalue weighted by molar-refractivity contribution is 0.490. The van der Waals surface area contributed by atoms with Crippen molar-refractivity contribution in [2.75, 3.05) is 0 Å². The summed E-state index contributed by atoms with van der Waals surface area (Å²) in [6.07, 6.45) is 2.99. The lowest BCUT2D eigenvalue weighted by Gasteiger charge is -1.96. The highest BCUT2D eigenvalue weighted by Crippen LogP contribution is 2.33. The third-order valence-electron chi connectivity index (χ3n) is 0.292. The van der Waals surface area contributed by atoms with Gasteiger partial charge in [-0.2, -0.15) is 0 Å². The third-order valence-corrected chi connectivity index (χ3v) is 0.877. The minimum atomic E-state index is -2.88. The first-order chi connectivity index (χ1) is 2.56. The molecule has 2 nitrogen and oxygen atoms in total. The van der Waals surface area contributed by atoms with Gasteiger partial charge in [-0.05, 0) is 12.1 Å². The van der Waals surface area contributed by atoms with Crippen LogP contribution in [0.5, 0.6) is 0 Å². The van der Waals surface area contributed by atoms with Gasteiger partial charge in [0.2, 0.25) is 0 Å². The van der Waals surface area contributed by atoms with E-state index in [1.165, 1.54) is 0 Å². The maximum absolute atomic E-state index is 8.26. The fourth-order valence-corrected chi connectivity index (χ4v) is 0. The van der Waals surface area contributed by atoms with Crippen LogP contribution in [0.2, 0.25) is 0 Å². The van der Waals surface area contributed by atoms with Gasteiger partial charge in [0.1, 0.15) is 7.34 Å². The monoisotopic (exact) mass is 106 g/mol. The van der Waals surface area contributed by atoms with Gasteiger partial charge in [0.05, 0.1) is 0 Å². The van der Waals surface area contributed by atoms with Crippen molar-refractivity contribution in [1.29, 1.82) is 0 Å². The van der Waals surface area contributed by atoms with Crippen LogP contribution in [0.1, 0.15) is 0 Å². The maximum atomic E-state index is 8.26. The predicted octanol–water partition coefficient (Wildman–Crippen LogP) is 0.394. The largest absolute Gasteiger partial charge is 0.351 e. The van der Waals surface area contributed by atoms with Gasteiger partial charge in [0.25, 0.3) is 0 Å². The van der Waals surface area contributed by atoms with Crippen LogP contribution in [0.3, 0.4) is 0 Å². The first-order valence-electron chi connectivity index (χ1n) is 1.38. The molecule has 0 aliphatic rings. The highest BCUT2D eigenvalue weighted by atomic mass is 31.2. The maximum Gasteiger partial charge on any atom is 0.134 e. The number of hydrogen-bond donors (Lipinski definition) is 2. The SMILES string of the molecule is C=CP(=C)(O)O. The Morgan fingerprint density at radius 1 is 1.50 bits per heavy atom. The van der Waals surface area contributed by atoms with E-state index in [4.69, 9.17) is 9.79 Å². The molecular formula is C3H7O2P. The summed E-state index contributed by atoms with van der Waals surface area (Å²) in [4.78, 5) is 16.5. The van der Waals surface area contributed by atoms with E-state index in [0.29, 0.717) is 0 Å². The zero-order valence-corrected chi connectivity index (χ0v) is 4.23. The van der Waals surface area contributed by atoms with Gasteiger partial charge in [-0.25, -0.2) is 0 Å². The molecule has 0 heterocycles. The first-order valence-corrected chi connectivity index (χ1v) is 3.33. The van der Waals surface area contributed by atoms with E-state index >= 15 is 0 Å². The van der Waals surface area contributed by atoms with Crippen LogP contribution in [0.15, 0.2) is 12.4 Å². The topological polar surface area (TPSA) is 40.5 Å². The summed E-state index contributed by atoms with van der Waals surface area (Å²) in [7, 11) is -2.88. The van der Waals surface area contributed by atoms with E-state index in [-0.39, 0.29) is 0 Å². The normalized spacial score (nSPS) is 11.0. The Labute approximate surface area is 36.9 Å². The predicted molar refractivity (Wildman–Crippen MR) is 28.7 cm³/mol. The van der Waals surface area contributed by atoms with Crippen molar-refractivity contribution in [2.45, 2.75) is 0 Å². The average molecular weight is 106 g/mol. The molecule has 0 bridgehead atoms. The molecule has 0 rings (SSSR count). The Morgan fingerprint density at radius 3 is 1.67 bits per heavy atom. The van der Waals surface area contributed by atoms with Crippen LogP contribution in [-0.2, 0) is 0 Å². The second kappa shape index (κ2) is 1.61. The Morgan fingerprint density at radius 2 is 1.67 bits per heavy atom. The van der Waals surface area contributed by atoms with Crippen molar-refractivity contribution in [1.82, 2.24) is 0 Å². The molecule has 2 N–H and O–H groups in total. The van der Waals surface area contributed by atoms with E-state index < -0.39 is 7.34 Å². The van der Waals surface area contributed by atoms with Gasteiger partial charge in [-0.1, -0.05) is 6.58 Å². The van der Waals surface area contributed by atoms with Crippen molar-refractivity contribution in [3.8, 4) is 0 Å². The van der Waals surface area contributed by atoms with E-state index in [2.05, 4.69) is 12.9 Å². The average Bonchev–Trinajstić information content (AvgIpc) is 1.35. The second-order valence-electron chi connectivity index (χ2n) is 0.968.